The van der Waals surface area contributed by atoms with Gasteiger partial charge in [0.05, 0.1) is 11.9 Å². The molecule has 2 heterocycles. The Bertz CT molecular complexity index is 1050. The number of hydrogen-bond donors (Lipinski definition) is 3. The van der Waals surface area contributed by atoms with E-state index in [0.717, 1.165) is 24.0 Å². The van der Waals surface area contributed by atoms with Gasteiger partial charge in [-0.15, -0.1) is 0 Å². The molecule has 0 spiro atoms. The van der Waals surface area contributed by atoms with E-state index in [9.17, 15) is 14.4 Å². The van der Waals surface area contributed by atoms with E-state index in [-0.39, 0.29) is 30.6 Å². The minimum Gasteiger partial charge on any atom is -0.481 e. The zero-order chi connectivity index (χ0) is 24.1. The van der Waals surface area contributed by atoms with Crippen LogP contribution in [0.3, 0.4) is 0 Å². The fourth-order valence-electron chi connectivity index (χ4n) is 4.45. The lowest BCUT2D eigenvalue weighted by Crippen LogP contribution is -2.39. The zero-order valence-electron chi connectivity index (χ0n) is 18.6. The van der Waals surface area contributed by atoms with Gasteiger partial charge in [-0.1, -0.05) is 17.7 Å². The van der Waals surface area contributed by atoms with Crippen LogP contribution in [-0.2, 0) is 22.5 Å². The van der Waals surface area contributed by atoms with Gasteiger partial charge in [-0.3, -0.25) is 4.79 Å². The van der Waals surface area contributed by atoms with Crippen LogP contribution < -0.4 is 10.6 Å². The standard InChI is InChI=1S/C24H27ClN4O5/c25-21-8-5-19(13-26-21)28-23(32)27-18-4-3-17-14-29(10-9-16(17)12-18)24(33)34-20-6-1-15(2-7-20)11-22(30)31/h3-5,8,12-13,15,20H,1-2,6-7,9-11,14H2,(H,30,31)(H2,27,28,32)/t15-,20-. The average molecular weight is 487 g/mol. The van der Waals surface area contributed by atoms with Gasteiger partial charge in [0.2, 0.25) is 0 Å². The number of carboxylic acids is 1. The summed E-state index contributed by atoms with van der Waals surface area (Å²) in [5.74, 6) is -0.604. The molecule has 2 aromatic rings. The third-order valence-electron chi connectivity index (χ3n) is 6.24. The number of carboxylic acid groups (broad SMARTS) is 1. The number of amides is 3. The molecule has 1 fully saturated rings. The minimum absolute atomic E-state index is 0.153. The van der Waals surface area contributed by atoms with Crippen LogP contribution in [0.15, 0.2) is 36.5 Å². The normalized spacial score (nSPS) is 19.6. The van der Waals surface area contributed by atoms with Crippen molar-refractivity contribution in [1.82, 2.24) is 9.88 Å². The summed E-state index contributed by atoms with van der Waals surface area (Å²) >= 11 is 5.75. The number of urea groups is 1. The maximum atomic E-state index is 12.7. The summed E-state index contributed by atoms with van der Waals surface area (Å²) in [6, 6.07) is 8.50. The molecule has 0 saturated heterocycles. The minimum atomic E-state index is -0.773. The molecule has 1 saturated carbocycles. The van der Waals surface area contributed by atoms with Crippen molar-refractivity contribution in [2.45, 2.75) is 51.2 Å². The molecular weight excluding hydrogens is 460 g/mol. The number of nitrogens with zero attached hydrogens (tertiary/aromatic N) is 2. The van der Waals surface area contributed by atoms with Crippen LogP contribution in [0, 0.1) is 5.92 Å². The number of nitrogens with one attached hydrogen (secondary N) is 2. The largest absolute Gasteiger partial charge is 0.481 e. The van der Waals surface area contributed by atoms with Gasteiger partial charge in [-0.05, 0) is 73.4 Å². The lowest BCUT2D eigenvalue weighted by molar-refractivity contribution is -0.138. The SMILES string of the molecule is O=C(O)C[C@H]1CC[C@H](OC(=O)N2CCc3cc(NC(=O)Nc4ccc(Cl)nc4)ccc3C2)CC1. The van der Waals surface area contributed by atoms with Crippen molar-refractivity contribution in [3.63, 3.8) is 0 Å². The highest BCUT2D eigenvalue weighted by Gasteiger charge is 2.28. The molecule has 1 aromatic heterocycles. The number of aromatic nitrogens is 1. The Balaban J connectivity index is 1.27. The molecule has 0 radical (unpaired) electrons. The fraction of sp³-hybridized carbons (Fsp3) is 0.417. The molecule has 9 nitrogen and oxygen atoms in total. The van der Waals surface area contributed by atoms with E-state index in [1.54, 1.807) is 23.1 Å². The Labute approximate surface area is 202 Å². The fourth-order valence-corrected chi connectivity index (χ4v) is 4.56. The first-order chi connectivity index (χ1) is 16.4. The molecule has 0 atom stereocenters. The summed E-state index contributed by atoms with van der Waals surface area (Å²) in [6.45, 7) is 0.984. The monoisotopic (exact) mass is 486 g/mol. The molecule has 3 amide bonds. The molecule has 1 aliphatic carbocycles. The number of carbonyl (C=O) groups excluding carboxylic acids is 2. The third kappa shape index (κ3) is 6.38. The topological polar surface area (TPSA) is 121 Å². The van der Waals surface area contributed by atoms with E-state index < -0.39 is 5.97 Å². The Hall–Kier alpha value is -3.33. The predicted octanol–water partition coefficient (Wildman–Crippen LogP) is 4.91. The van der Waals surface area contributed by atoms with Gasteiger partial charge in [-0.25, -0.2) is 14.6 Å². The third-order valence-corrected chi connectivity index (χ3v) is 6.47. The van der Waals surface area contributed by atoms with Gasteiger partial charge in [0.25, 0.3) is 0 Å². The Morgan fingerprint density at radius 2 is 1.79 bits per heavy atom. The van der Waals surface area contributed by atoms with Crippen LogP contribution in [0.2, 0.25) is 5.15 Å². The number of rotatable bonds is 5. The Morgan fingerprint density at radius 1 is 1.06 bits per heavy atom. The van der Waals surface area contributed by atoms with Crippen molar-refractivity contribution in [2.75, 3.05) is 17.2 Å². The van der Waals surface area contributed by atoms with Gasteiger partial charge < -0.3 is 25.4 Å². The molecule has 1 aromatic carbocycles. The number of pyridine rings is 1. The van der Waals surface area contributed by atoms with Crippen LogP contribution in [0.1, 0.15) is 43.2 Å². The molecule has 4 rings (SSSR count). The maximum Gasteiger partial charge on any atom is 0.410 e. The summed E-state index contributed by atoms with van der Waals surface area (Å²) < 4.78 is 5.70. The zero-order valence-corrected chi connectivity index (χ0v) is 19.4. The quantitative estimate of drug-likeness (QED) is 0.516. The Kier molecular flexibility index (Phi) is 7.52. The van der Waals surface area contributed by atoms with E-state index in [1.807, 2.05) is 12.1 Å². The molecule has 0 bridgehead atoms. The van der Waals surface area contributed by atoms with Gasteiger partial charge in [-0.2, -0.15) is 0 Å². The second-order valence-corrected chi connectivity index (χ2v) is 9.12. The van der Waals surface area contributed by atoms with Crippen molar-refractivity contribution in [3.8, 4) is 0 Å². The van der Waals surface area contributed by atoms with Crippen LogP contribution in [-0.4, -0.2) is 45.7 Å². The second-order valence-electron chi connectivity index (χ2n) is 8.73. The van der Waals surface area contributed by atoms with Crippen LogP contribution in [0.5, 0.6) is 0 Å². The molecule has 10 heteroatoms. The van der Waals surface area contributed by atoms with Crippen molar-refractivity contribution < 1.29 is 24.2 Å². The Morgan fingerprint density at radius 3 is 2.50 bits per heavy atom. The summed E-state index contributed by atoms with van der Waals surface area (Å²) in [7, 11) is 0. The van der Waals surface area contributed by atoms with Gasteiger partial charge in [0.1, 0.15) is 11.3 Å². The van der Waals surface area contributed by atoms with Crippen LogP contribution in [0.4, 0.5) is 21.0 Å². The lowest BCUT2D eigenvalue weighted by atomic mass is 9.85. The number of ether oxygens (including phenoxy) is 1. The van der Waals surface area contributed by atoms with Crippen LogP contribution in [0.25, 0.3) is 0 Å². The number of aliphatic carboxylic acids is 1. The smallest absolute Gasteiger partial charge is 0.410 e. The van der Waals surface area contributed by atoms with Gasteiger partial charge in [0.15, 0.2) is 0 Å². The number of anilines is 2. The molecule has 0 unspecified atom stereocenters. The first-order valence-corrected chi connectivity index (χ1v) is 11.7. The molecule has 3 N–H and O–H groups in total. The summed E-state index contributed by atoms with van der Waals surface area (Å²) in [5, 5.41) is 14.8. The van der Waals surface area contributed by atoms with Crippen molar-refractivity contribution in [2.24, 2.45) is 5.92 Å². The first-order valence-electron chi connectivity index (χ1n) is 11.3. The van der Waals surface area contributed by atoms with Gasteiger partial charge in [0, 0.05) is 25.2 Å². The van der Waals surface area contributed by atoms with Gasteiger partial charge >= 0.3 is 18.1 Å². The average Bonchev–Trinajstić information content (AvgIpc) is 2.81. The number of hydrogen-bond acceptors (Lipinski definition) is 5. The number of carbonyl (C=O) groups is 3. The van der Waals surface area contributed by atoms with E-state index in [2.05, 4.69) is 15.6 Å². The highest BCUT2D eigenvalue weighted by Crippen LogP contribution is 2.30. The van der Waals surface area contributed by atoms with E-state index in [1.165, 1.54) is 6.20 Å². The summed E-state index contributed by atoms with van der Waals surface area (Å²) in [5.41, 5.74) is 3.28. The van der Waals surface area contributed by atoms with Crippen LogP contribution >= 0.6 is 11.6 Å². The highest BCUT2D eigenvalue weighted by molar-refractivity contribution is 6.29. The molecule has 34 heavy (non-hydrogen) atoms. The van der Waals surface area contributed by atoms with Crippen molar-refractivity contribution >= 4 is 41.1 Å². The van der Waals surface area contributed by atoms with E-state index in [0.29, 0.717) is 48.9 Å². The summed E-state index contributed by atoms with van der Waals surface area (Å²) in [6.07, 6.45) is 4.79. The maximum absolute atomic E-state index is 12.7. The molecule has 180 valence electrons. The predicted molar refractivity (Wildman–Crippen MR) is 127 cm³/mol. The molecule has 2 aliphatic rings. The van der Waals surface area contributed by atoms with E-state index >= 15 is 0 Å². The highest BCUT2D eigenvalue weighted by atomic mass is 35.5. The number of benzene rings is 1. The number of halogens is 1. The van der Waals surface area contributed by atoms with Crippen molar-refractivity contribution in [3.05, 3.63) is 52.8 Å². The van der Waals surface area contributed by atoms with Crippen molar-refractivity contribution in [1.29, 1.82) is 0 Å². The molecular formula is C24H27ClN4O5. The lowest BCUT2D eigenvalue weighted by Gasteiger charge is -2.32. The molecule has 1 aliphatic heterocycles. The second kappa shape index (κ2) is 10.7. The first kappa shape index (κ1) is 23.8. The van der Waals surface area contributed by atoms with E-state index in [4.69, 9.17) is 21.4 Å². The number of fused-ring (bicyclic) bond motifs is 1. The summed E-state index contributed by atoms with van der Waals surface area (Å²) in [4.78, 5) is 41.4.